The Bertz CT molecular complexity index is 2260. The summed E-state index contributed by atoms with van der Waals surface area (Å²) in [6.07, 6.45) is 3.74. The van der Waals surface area contributed by atoms with E-state index in [2.05, 4.69) is 15.6 Å². The van der Waals surface area contributed by atoms with Gasteiger partial charge in [0, 0.05) is 35.0 Å². The highest BCUT2D eigenvalue weighted by molar-refractivity contribution is 7.91. The highest BCUT2D eigenvalue weighted by Crippen LogP contribution is 2.48. The Labute approximate surface area is 353 Å². The maximum atomic E-state index is 15.1. The number of alkyl carbamates (subject to hydrolysis) is 1. The molecule has 18 heteroatoms. The molecule has 2 aliphatic heterocycles. The predicted octanol–water partition coefficient (Wildman–Crippen LogP) is 5.93. The molecule has 60 heavy (non-hydrogen) atoms. The minimum Gasteiger partial charge on any atom is -0.491 e. The minimum atomic E-state index is -4.77. The molecular weight excluding hydrogens is 808 g/mol. The van der Waals surface area contributed by atoms with Crippen LogP contribution in [0, 0.1) is 23.6 Å². The third kappa shape index (κ3) is 9.17. The van der Waals surface area contributed by atoms with Gasteiger partial charge in [0.15, 0.2) is 17.2 Å². The van der Waals surface area contributed by atoms with Crippen molar-refractivity contribution in [1.29, 1.82) is 0 Å². The van der Waals surface area contributed by atoms with Gasteiger partial charge >= 0.3 is 6.09 Å². The number of carbonyl (C=O) groups excluding carboxylic acids is 4. The van der Waals surface area contributed by atoms with Gasteiger partial charge in [-0.25, -0.2) is 31.4 Å². The van der Waals surface area contributed by atoms with Crippen molar-refractivity contribution >= 4 is 44.6 Å². The van der Waals surface area contributed by atoms with Crippen molar-refractivity contribution in [2.75, 3.05) is 13.2 Å². The molecule has 1 aromatic carbocycles. The van der Waals surface area contributed by atoms with E-state index in [1.165, 1.54) is 18.3 Å². The van der Waals surface area contributed by atoms with Gasteiger partial charge < -0.3 is 29.7 Å². The summed E-state index contributed by atoms with van der Waals surface area (Å²) in [5, 5.41) is 6.01. The van der Waals surface area contributed by atoms with E-state index in [-0.39, 0.29) is 61.8 Å². The van der Waals surface area contributed by atoms with Crippen LogP contribution in [0.15, 0.2) is 36.5 Å². The number of carbonyl (C=O) groups is 4. The van der Waals surface area contributed by atoms with E-state index >= 15 is 9.18 Å². The van der Waals surface area contributed by atoms with E-state index < -0.39 is 98.3 Å². The number of rotatable bonds is 11. The fourth-order valence-corrected chi connectivity index (χ4v) is 9.13. The first-order chi connectivity index (χ1) is 29.3. The zero-order valence-electron chi connectivity index (χ0n) is 37.6. The summed E-state index contributed by atoms with van der Waals surface area (Å²) < 4.78 is 111. The summed E-state index contributed by atoms with van der Waals surface area (Å²) in [5.41, 5.74) is -4.14. The number of halogens is 3. The van der Waals surface area contributed by atoms with Crippen molar-refractivity contribution in [1.82, 2.24) is 25.2 Å². The molecule has 2 aliphatic carbocycles. The first-order valence-corrected chi connectivity index (χ1v) is 21.9. The Hall–Kier alpha value is -4.61. The second kappa shape index (κ2) is 16.7. The molecule has 3 fully saturated rings. The van der Waals surface area contributed by atoms with Gasteiger partial charge in [0.1, 0.15) is 23.7 Å². The summed E-state index contributed by atoms with van der Waals surface area (Å²) in [5.74, 6) is -8.36. The van der Waals surface area contributed by atoms with E-state index in [4.69, 9.17) is 18.3 Å². The van der Waals surface area contributed by atoms with Gasteiger partial charge in [-0.05, 0) is 102 Å². The number of aromatic nitrogens is 1. The van der Waals surface area contributed by atoms with Crippen molar-refractivity contribution < 1.29 is 59.1 Å². The zero-order valence-corrected chi connectivity index (χ0v) is 35.4. The first kappa shape index (κ1) is 40.8. The standard InChI is InChI=1S/C42H56F3N5O9S/c1-8-25-18-24(3)12-10-11-13-27-22-42(27,37(53)49-60(55,56)40(6)15-16-40)48-34(51)31-20-28(58-35-29-21-30(43)32(57-9-2)19-26(29)14-17-46-35)23-50(31)36(52)33(25)47-38(54)59-39(4,5)41(7,44)45/h11,13-14,17,19,21,24-25,27-28,31,33H,8-10,12,15-16,18,20,22-23H2,1-7H3,(H,47,54)(H,48,51)(H,49,53)/b13-11-/t24-,25-,27-,28-,31+,33+,42-/m1/s1/i6D3. The molecule has 0 bridgehead atoms. The van der Waals surface area contributed by atoms with Gasteiger partial charge in [-0.15, -0.1) is 0 Å². The number of allylic oxidation sites excluding steroid dienone is 1. The number of ether oxygens (including phenoxy) is 3. The fraction of sp³-hybridized carbons (Fsp3) is 0.643. The number of nitrogens with zero attached hydrogens (tertiary/aromatic N) is 2. The summed E-state index contributed by atoms with van der Waals surface area (Å²) in [4.78, 5) is 62.7. The van der Waals surface area contributed by atoms with Gasteiger partial charge in [-0.2, -0.15) is 0 Å². The Kier molecular flexibility index (Phi) is 11.3. The molecule has 1 saturated heterocycles. The van der Waals surface area contributed by atoms with Gasteiger partial charge in [0.05, 0.1) is 17.9 Å². The summed E-state index contributed by atoms with van der Waals surface area (Å²) in [7, 11) is -4.77. The predicted molar refractivity (Wildman–Crippen MR) is 215 cm³/mol. The van der Waals surface area contributed by atoms with E-state index in [1.54, 1.807) is 32.1 Å². The highest BCUT2D eigenvalue weighted by atomic mass is 32.2. The number of benzene rings is 1. The van der Waals surface area contributed by atoms with Crippen LogP contribution in [0.25, 0.3) is 10.8 Å². The Morgan fingerprint density at radius 1 is 1.15 bits per heavy atom. The van der Waals surface area contributed by atoms with Crippen LogP contribution in [-0.2, 0) is 29.1 Å². The number of amides is 4. The molecule has 0 unspecified atom stereocenters. The molecule has 7 atom stereocenters. The molecule has 14 nitrogen and oxygen atoms in total. The van der Waals surface area contributed by atoms with E-state index in [1.807, 2.05) is 11.6 Å². The van der Waals surface area contributed by atoms with Gasteiger partial charge in [-0.3, -0.25) is 19.1 Å². The molecule has 0 spiro atoms. The topological polar surface area (TPSA) is 182 Å². The average molecular weight is 867 g/mol. The molecule has 4 aliphatic rings. The van der Waals surface area contributed by atoms with Crippen LogP contribution in [0.2, 0.25) is 0 Å². The van der Waals surface area contributed by atoms with Crippen LogP contribution in [0.4, 0.5) is 18.0 Å². The number of fused-ring (bicyclic) bond motifs is 3. The molecule has 2 saturated carbocycles. The molecule has 4 amide bonds. The van der Waals surface area contributed by atoms with Crippen LogP contribution in [0.3, 0.4) is 0 Å². The van der Waals surface area contributed by atoms with Crippen LogP contribution >= 0.6 is 0 Å². The number of pyridine rings is 1. The largest absolute Gasteiger partial charge is 0.491 e. The first-order valence-electron chi connectivity index (χ1n) is 21.9. The van der Waals surface area contributed by atoms with Gasteiger partial charge in [0.2, 0.25) is 27.7 Å². The molecule has 3 N–H and O–H groups in total. The Balaban J connectivity index is 1.38. The molecule has 1 aromatic heterocycles. The normalized spacial score (nSPS) is 29.8. The molecular formula is C42H56F3N5O9S. The third-order valence-electron chi connectivity index (χ3n) is 12.3. The molecule has 2 aromatic rings. The van der Waals surface area contributed by atoms with E-state index in [9.17, 15) is 31.6 Å². The van der Waals surface area contributed by atoms with Crippen molar-refractivity contribution in [3.8, 4) is 11.6 Å². The van der Waals surface area contributed by atoms with E-state index in [0.29, 0.717) is 38.0 Å². The Morgan fingerprint density at radius 2 is 1.88 bits per heavy atom. The lowest BCUT2D eigenvalue weighted by Gasteiger charge is -2.35. The molecule has 330 valence electrons. The molecule has 0 radical (unpaired) electrons. The molecule has 3 heterocycles. The number of sulfonamides is 1. The minimum absolute atomic E-state index is 0.00351. The number of nitrogens with one attached hydrogen (secondary N) is 3. The number of hydrogen-bond donors (Lipinski definition) is 3. The smallest absolute Gasteiger partial charge is 0.408 e. The fourth-order valence-electron chi connectivity index (χ4n) is 7.87. The van der Waals surface area contributed by atoms with Crippen LogP contribution < -0.4 is 24.8 Å². The van der Waals surface area contributed by atoms with Gasteiger partial charge in [-0.1, -0.05) is 32.4 Å². The van der Waals surface area contributed by atoms with Gasteiger partial charge in [0.25, 0.3) is 11.8 Å². The maximum Gasteiger partial charge on any atom is 0.408 e. The zero-order chi connectivity index (χ0) is 46.5. The van der Waals surface area contributed by atoms with Crippen LogP contribution in [0.5, 0.6) is 11.6 Å². The van der Waals surface area contributed by atoms with Crippen molar-refractivity contribution in [2.24, 2.45) is 17.8 Å². The lowest BCUT2D eigenvalue weighted by atomic mass is 9.85. The summed E-state index contributed by atoms with van der Waals surface area (Å²) in [6.45, 7) is 5.07. The molecule has 6 rings (SSSR count). The average Bonchev–Trinajstić information content (AvgIpc) is 4.09. The van der Waals surface area contributed by atoms with Crippen molar-refractivity contribution in [2.45, 2.75) is 140 Å². The lowest BCUT2D eigenvalue weighted by molar-refractivity contribution is -0.152. The highest BCUT2D eigenvalue weighted by Gasteiger charge is 2.63. The van der Waals surface area contributed by atoms with Crippen molar-refractivity contribution in [3.05, 3.63) is 42.4 Å². The SMILES string of the molecule is [2H]C([2H])([2H])C1(S(=O)(=O)NC(=O)[C@@]23C[C@H]2/C=C\CC[C@@H](C)C[C@@H](CC)[C@H](NC(=O)OC(C)(C)C(C)(F)F)C(=O)N2C[C@H](Oc4nccc5cc(OCC)c(F)cc45)C[C@H]2C(=O)N3)CC1. The monoisotopic (exact) mass is 866 g/mol. The lowest BCUT2D eigenvalue weighted by Crippen LogP contribution is -2.60. The number of alkyl halides is 2. The second-order valence-corrected chi connectivity index (χ2v) is 19.2. The van der Waals surface area contributed by atoms with E-state index in [0.717, 1.165) is 18.7 Å². The third-order valence-corrected chi connectivity index (χ3v) is 14.1. The maximum absolute atomic E-state index is 15.1. The Morgan fingerprint density at radius 3 is 2.53 bits per heavy atom. The van der Waals surface area contributed by atoms with Crippen LogP contribution in [-0.4, -0.2) is 95.3 Å². The second-order valence-electron chi connectivity index (χ2n) is 17.2. The van der Waals surface area contributed by atoms with Crippen LogP contribution in [0.1, 0.15) is 104 Å². The summed E-state index contributed by atoms with van der Waals surface area (Å²) >= 11 is 0. The number of hydrogen-bond acceptors (Lipinski definition) is 10. The van der Waals surface area contributed by atoms with Crippen molar-refractivity contribution in [3.63, 3.8) is 0 Å². The summed E-state index contributed by atoms with van der Waals surface area (Å²) in [6, 6.07) is 1.44. The quantitative estimate of drug-likeness (QED) is 0.229.